The first-order valence-electron chi connectivity index (χ1n) is 41.2. The van der Waals surface area contributed by atoms with Gasteiger partial charge in [0.1, 0.15) is 0 Å². The Kier molecular flexibility index (Phi) is 3.43. The van der Waals surface area contributed by atoms with E-state index in [-0.39, 0.29) is 4.90 Å². The molecule has 0 radical (unpaired) electrons. The van der Waals surface area contributed by atoms with E-state index in [1.54, 1.807) is 0 Å². The van der Waals surface area contributed by atoms with Crippen LogP contribution in [0.15, 0.2) is 260 Å². The van der Waals surface area contributed by atoms with Crippen molar-refractivity contribution in [2.75, 3.05) is 4.90 Å². The summed E-state index contributed by atoms with van der Waals surface area (Å²) in [4.78, 5) is 0.220. The van der Waals surface area contributed by atoms with Crippen LogP contribution in [0.2, 0.25) is 0 Å². The first-order valence-corrected chi connectivity index (χ1v) is 19.7. The fraction of sp³-hybridized carbons (Fsp3) is 0.0462. The highest BCUT2D eigenvalue weighted by atomic mass is 15.1. The van der Waals surface area contributed by atoms with Crippen LogP contribution in [0.4, 0.5) is 17.1 Å². The topological polar surface area (TPSA) is 3.24 Å². The summed E-state index contributed by atoms with van der Waals surface area (Å²) in [5, 5.41) is -1.87. The summed E-state index contributed by atoms with van der Waals surface area (Å²) in [7, 11) is 0. The van der Waals surface area contributed by atoms with E-state index in [0.717, 1.165) is 0 Å². The molecule has 0 fully saturated rings. The Morgan fingerprint density at radius 3 is 1.65 bits per heavy atom. The van der Waals surface area contributed by atoms with Crippen molar-refractivity contribution in [1.82, 2.24) is 0 Å². The maximum atomic E-state index is 10.7. The zero-order valence-corrected chi connectivity index (χ0v) is 33.1. The number of rotatable bonds is 7. The Bertz CT molecular complexity index is 5970. The lowest BCUT2D eigenvalue weighted by Crippen LogP contribution is -2.33. The van der Waals surface area contributed by atoms with Crippen molar-refractivity contribution in [3.05, 3.63) is 282 Å². The lowest BCUT2D eigenvalue weighted by atomic mass is 9.65. The fourth-order valence-electron chi connectivity index (χ4n) is 8.56. The second kappa shape index (κ2) is 15.5. The first-order chi connectivity index (χ1) is 50.6. The van der Waals surface area contributed by atoms with Crippen LogP contribution in [0.3, 0.4) is 0 Å². The molecule has 1 nitrogen and oxygen atoms in total. The summed E-state index contributed by atoms with van der Waals surface area (Å²) in [6.45, 7) is 0. The number of nitrogens with zero attached hydrogens (tertiary/aromatic N) is 1. The maximum Gasteiger partial charge on any atom is 0.0649 e. The standard InChI is InChI=1S/C65H45N/c1-3-15-44(16-4-1)45-27-29-46(30-28-45)47-31-33-50(34-32-47)64-54-20-8-7-17-48(54)37-41-55(64)49-35-38-52(39-36-49)66(51-18-5-2-6-19-51)53-40-42-59-58-23-11-14-26-62(58)65(63(59)43-53)60-24-12-9-21-56(60)57-22-10-13-25-61(57)65/h1-43,56,60H/i1D,2D,3D,4D,5D,6D,7D,8D,9D,10D,11D,12D,13D,14D,15D,16D,17D,18D,19D,20D,21D,22D,23D,24D,25D,26D,27D,28D,29D,30D,31D,32D,33D,34D,35D,36D,37D,38D,39D,40D,41D,42D,43D. The second-order valence-electron chi connectivity index (χ2n) is 14.6. The van der Waals surface area contributed by atoms with Crippen molar-refractivity contribution in [3.8, 4) is 55.6 Å². The molecular weight excluding hydrogens is 795 g/mol. The van der Waals surface area contributed by atoms with Crippen molar-refractivity contribution < 1.29 is 58.9 Å². The molecule has 13 rings (SSSR count). The quantitative estimate of drug-likeness (QED) is 0.154. The van der Waals surface area contributed by atoms with Gasteiger partial charge in [-0.25, -0.2) is 0 Å². The van der Waals surface area contributed by atoms with E-state index in [2.05, 4.69) is 0 Å². The van der Waals surface area contributed by atoms with Crippen LogP contribution >= 0.6 is 0 Å². The van der Waals surface area contributed by atoms with Gasteiger partial charge in [0.05, 0.1) is 64.4 Å². The molecule has 0 amide bonds. The number of hydrogen-bond donors (Lipinski definition) is 0. The first kappa shape index (κ1) is 14.6. The SMILES string of the molecule is [2H]C1=C([2H])C2c3c([2H])c([2H])c([2H])c([2H])c3C3(c4c([2H])c([2H])c([2H])c([2H])c4-c4c([2H])c([2H])c(N(c5c([2H])c([2H])c([2H])c([2H])c5[2H])c5c([2H])c([2H])c(-c6c([2H])c([2H])c7c([2H])c([2H])c([2H])c([2H])c7c6-c6c([2H])c([2H])c(-c7c([2H])c([2H])c(-c8c([2H])c([2H])c([2H])c([2H])c8[2H])c([2H])c7[2H])c([2H])c6[2H])c([2H])c5[2H])c([2H])c43)C2C([2H])=C1[2H]. The van der Waals surface area contributed by atoms with Gasteiger partial charge in [0.25, 0.3) is 0 Å². The molecule has 0 saturated carbocycles. The molecular formula is C65H45N. The van der Waals surface area contributed by atoms with Crippen molar-refractivity contribution in [2.45, 2.75) is 11.3 Å². The molecule has 3 aliphatic rings. The van der Waals surface area contributed by atoms with Gasteiger partial charge in [0.15, 0.2) is 0 Å². The van der Waals surface area contributed by atoms with E-state index in [1.807, 2.05) is 0 Å². The van der Waals surface area contributed by atoms with Gasteiger partial charge >= 0.3 is 0 Å². The van der Waals surface area contributed by atoms with Gasteiger partial charge < -0.3 is 4.90 Å². The average molecular weight is 883 g/mol. The molecule has 1 heteroatoms. The number of para-hydroxylation sites is 1. The van der Waals surface area contributed by atoms with Gasteiger partial charge in [-0.05, 0) is 125 Å². The summed E-state index contributed by atoms with van der Waals surface area (Å²) < 4.78 is 400. The number of fused-ring (bicyclic) bond motifs is 11. The molecule has 66 heavy (non-hydrogen) atoms. The van der Waals surface area contributed by atoms with E-state index in [4.69, 9.17) is 26.0 Å². The van der Waals surface area contributed by atoms with Crippen molar-refractivity contribution in [1.29, 1.82) is 0 Å². The summed E-state index contributed by atoms with van der Waals surface area (Å²) in [5.74, 6) is -4.12. The predicted octanol–water partition coefficient (Wildman–Crippen LogP) is 17.1. The Labute approximate surface area is 447 Å². The monoisotopic (exact) mass is 883 g/mol. The van der Waals surface area contributed by atoms with Crippen molar-refractivity contribution in [2.24, 2.45) is 5.92 Å². The van der Waals surface area contributed by atoms with Gasteiger partial charge in [-0.3, -0.25) is 0 Å². The van der Waals surface area contributed by atoms with Crippen LogP contribution < -0.4 is 4.90 Å². The summed E-state index contributed by atoms with van der Waals surface area (Å²) in [6, 6.07) is -50.0. The highest BCUT2D eigenvalue weighted by Gasteiger charge is 2.57. The van der Waals surface area contributed by atoms with E-state index < -0.39 is 383 Å². The Morgan fingerprint density at radius 2 is 0.894 bits per heavy atom. The largest absolute Gasteiger partial charge is 0.310 e. The van der Waals surface area contributed by atoms with Crippen LogP contribution in [0.1, 0.15) is 87.1 Å². The van der Waals surface area contributed by atoms with E-state index in [0.29, 0.717) is 0 Å². The molecule has 0 heterocycles. The normalized spacial score (nSPS) is 27.1. The molecule has 10 aromatic carbocycles. The molecule has 3 atom stereocenters. The molecule has 3 aliphatic carbocycles. The number of allylic oxidation sites excluding steroid dienone is 4. The van der Waals surface area contributed by atoms with Crippen LogP contribution in [0.5, 0.6) is 0 Å². The molecule has 0 aliphatic heterocycles. The average Bonchev–Trinajstić information content (AvgIpc) is 1.47. The molecule has 10 aromatic rings. The minimum Gasteiger partial charge on any atom is -0.310 e. The Hall–Kier alpha value is -8.26. The van der Waals surface area contributed by atoms with Gasteiger partial charge in [0, 0.05) is 28.9 Å². The molecule has 310 valence electrons. The Morgan fingerprint density at radius 1 is 0.364 bits per heavy atom. The van der Waals surface area contributed by atoms with Crippen LogP contribution in [-0.4, -0.2) is 0 Å². The predicted molar refractivity (Wildman–Crippen MR) is 277 cm³/mol. The maximum absolute atomic E-state index is 10.7. The van der Waals surface area contributed by atoms with Gasteiger partial charge in [-0.1, -0.05) is 224 Å². The van der Waals surface area contributed by atoms with E-state index >= 15 is 0 Å². The minimum absolute atomic E-state index is 0.220. The minimum atomic E-state index is -3.00. The van der Waals surface area contributed by atoms with Crippen LogP contribution in [0, 0.1) is 5.92 Å². The number of benzene rings is 10. The lowest BCUT2D eigenvalue weighted by Gasteiger charge is -2.36. The highest BCUT2D eigenvalue weighted by molar-refractivity contribution is 6.04. The third-order valence-corrected chi connectivity index (χ3v) is 11.3. The van der Waals surface area contributed by atoms with E-state index in [9.17, 15) is 32.9 Å². The Balaban J connectivity index is 1.17. The molecule has 0 bridgehead atoms. The summed E-state index contributed by atoms with van der Waals surface area (Å²) in [6.07, 6.45) is 0. The number of anilines is 3. The zero-order chi connectivity index (χ0) is 81.0. The van der Waals surface area contributed by atoms with Gasteiger partial charge in [0.2, 0.25) is 0 Å². The molecule has 0 N–H and O–H groups in total. The van der Waals surface area contributed by atoms with Crippen LogP contribution in [0.25, 0.3) is 66.4 Å². The van der Waals surface area contributed by atoms with Crippen LogP contribution in [-0.2, 0) is 5.41 Å². The van der Waals surface area contributed by atoms with Crippen molar-refractivity contribution >= 4 is 27.8 Å². The molecule has 0 aromatic heterocycles. The third-order valence-electron chi connectivity index (χ3n) is 11.3. The van der Waals surface area contributed by atoms with Crippen molar-refractivity contribution in [3.63, 3.8) is 0 Å². The zero-order valence-electron chi connectivity index (χ0n) is 76.1. The summed E-state index contributed by atoms with van der Waals surface area (Å²) >= 11 is 0. The van der Waals surface area contributed by atoms with E-state index in [1.165, 1.54) is 0 Å². The lowest BCUT2D eigenvalue weighted by molar-refractivity contribution is 0.465. The second-order valence-corrected chi connectivity index (χ2v) is 14.6. The fourth-order valence-corrected chi connectivity index (χ4v) is 8.56. The highest BCUT2D eigenvalue weighted by Crippen LogP contribution is 2.65. The third kappa shape index (κ3) is 5.94. The molecule has 1 spiro atoms. The molecule has 3 unspecified atom stereocenters. The smallest absolute Gasteiger partial charge is 0.0649 e. The van der Waals surface area contributed by atoms with Gasteiger partial charge in [-0.15, -0.1) is 0 Å². The molecule has 0 saturated heterocycles. The number of hydrogen-bond acceptors (Lipinski definition) is 1. The summed E-state index contributed by atoms with van der Waals surface area (Å²) in [5.41, 5.74) is -20.0. The van der Waals surface area contributed by atoms with Gasteiger partial charge in [-0.2, -0.15) is 0 Å².